The molecule has 0 saturated carbocycles. The summed E-state index contributed by atoms with van der Waals surface area (Å²) in [5.41, 5.74) is 3.61. The number of aromatic nitrogens is 1. The van der Waals surface area contributed by atoms with Gasteiger partial charge < -0.3 is 14.2 Å². The summed E-state index contributed by atoms with van der Waals surface area (Å²) in [7, 11) is 1.66. The second-order valence-corrected chi connectivity index (χ2v) is 6.65. The van der Waals surface area contributed by atoms with Crippen LogP contribution in [0.2, 0.25) is 0 Å². The molecule has 0 atom stereocenters. The Morgan fingerprint density at radius 1 is 1.12 bits per heavy atom. The monoisotopic (exact) mass is 343 g/mol. The van der Waals surface area contributed by atoms with E-state index >= 15 is 0 Å². The van der Waals surface area contributed by atoms with Gasteiger partial charge in [0.25, 0.3) is 5.91 Å². The summed E-state index contributed by atoms with van der Waals surface area (Å²) in [6, 6.07) is 5.79. The number of hydrogen-bond acceptors (Lipinski definition) is 5. The van der Waals surface area contributed by atoms with E-state index in [1.807, 2.05) is 43.9 Å². The lowest BCUT2D eigenvalue weighted by atomic mass is 10.0. The number of carbonyl (C=O) groups is 1. The first kappa shape index (κ1) is 17.5. The van der Waals surface area contributed by atoms with Crippen molar-refractivity contribution in [2.24, 2.45) is 0 Å². The van der Waals surface area contributed by atoms with Crippen molar-refractivity contribution < 1.29 is 14.1 Å². The molecule has 25 heavy (non-hydrogen) atoms. The largest absolute Gasteiger partial charge is 0.496 e. The fraction of sp³-hybridized carbons (Fsp3) is 0.474. The lowest BCUT2D eigenvalue weighted by molar-refractivity contribution is 0.0617. The molecular weight excluding hydrogens is 318 g/mol. The second-order valence-electron chi connectivity index (χ2n) is 6.65. The third-order valence-electron chi connectivity index (χ3n) is 4.63. The average molecular weight is 343 g/mol. The molecule has 0 N–H and O–H groups in total. The van der Waals surface area contributed by atoms with Crippen LogP contribution in [-0.2, 0) is 6.54 Å². The molecule has 1 aliphatic rings. The zero-order valence-corrected chi connectivity index (χ0v) is 15.3. The maximum atomic E-state index is 12.8. The van der Waals surface area contributed by atoms with E-state index in [0.29, 0.717) is 0 Å². The molecule has 0 radical (unpaired) electrons. The van der Waals surface area contributed by atoms with E-state index in [2.05, 4.69) is 10.1 Å². The van der Waals surface area contributed by atoms with Gasteiger partial charge in [0.2, 0.25) is 0 Å². The normalized spacial score (nSPS) is 15.4. The summed E-state index contributed by atoms with van der Waals surface area (Å²) < 4.78 is 10.7. The fourth-order valence-corrected chi connectivity index (χ4v) is 3.40. The lowest BCUT2D eigenvalue weighted by Gasteiger charge is -2.34. The first-order chi connectivity index (χ1) is 12.0. The molecule has 0 spiro atoms. The first-order valence-corrected chi connectivity index (χ1v) is 8.57. The molecule has 6 nitrogen and oxygen atoms in total. The SMILES string of the molecule is COc1c(C)cc(C(=O)N2CCN(Cc3cc(C)no3)CC2)cc1C. The van der Waals surface area contributed by atoms with E-state index in [0.717, 1.165) is 66.6 Å². The Balaban J connectivity index is 1.61. The average Bonchev–Trinajstić information content (AvgIpc) is 2.99. The molecule has 1 aromatic heterocycles. The third kappa shape index (κ3) is 3.85. The highest BCUT2D eigenvalue weighted by molar-refractivity contribution is 5.95. The van der Waals surface area contributed by atoms with Gasteiger partial charge in [0.15, 0.2) is 5.76 Å². The van der Waals surface area contributed by atoms with Gasteiger partial charge in [-0.25, -0.2) is 0 Å². The van der Waals surface area contributed by atoms with E-state index in [1.165, 1.54) is 0 Å². The van der Waals surface area contributed by atoms with Gasteiger partial charge in [-0.15, -0.1) is 0 Å². The van der Waals surface area contributed by atoms with Crippen LogP contribution in [-0.4, -0.2) is 54.2 Å². The molecule has 2 heterocycles. The maximum Gasteiger partial charge on any atom is 0.253 e. The zero-order valence-electron chi connectivity index (χ0n) is 15.3. The molecule has 1 aliphatic heterocycles. The van der Waals surface area contributed by atoms with Crippen molar-refractivity contribution in [1.82, 2.24) is 15.0 Å². The van der Waals surface area contributed by atoms with Crippen LogP contribution in [0.5, 0.6) is 5.75 Å². The first-order valence-electron chi connectivity index (χ1n) is 8.57. The third-order valence-corrected chi connectivity index (χ3v) is 4.63. The molecule has 6 heteroatoms. The number of carbonyl (C=O) groups excluding carboxylic acids is 1. The molecule has 1 amide bonds. The van der Waals surface area contributed by atoms with E-state index in [1.54, 1.807) is 7.11 Å². The van der Waals surface area contributed by atoms with E-state index in [4.69, 9.17) is 9.26 Å². The minimum atomic E-state index is 0.0870. The Labute approximate surface area is 148 Å². The number of hydrogen-bond donors (Lipinski definition) is 0. The minimum Gasteiger partial charge on any atom is -0.496 e. The van der Waals surface area contributed by atoms with E-state index in [-0.39, 0.29) is 5.91 Å². The van der Waals surface area contributed by atoms with Crippen LogP contribution in [0.4, 0.5) is 0 Å². The second kappa shape index (κ2) is 7.27. The summed E-state index contributed by atoms with van der Waals surface area (Å²) in [5, 5.41) is 3.92. The molecule has 2 aromatic rings. The van der Waals surface area contributed by atoms with Crippen molar-refractivity contribution in [2.75, 3.05) is 33.3 Å². The van der Waals surface area contributed by atoms with Crippen molar-refractivity contribution >= 4 is 5.91 Å². The molecule has 1 aromatic carbocycles. The van der Waals surface area contributed by atoms with Gasteiger partial charge in [-0.3, -0.25) is 9.69 Å². The predicted molar refractivity (Wildman–Crippen MR) is 94.9 cm³/mol. The van der Waals surface area contributed by atoms with Crippen molar-refractivity contribution in [3.8, 4) is 5.75 Å². The fourth-order valence-electron chi connectivity index (χ4n) is 3.40. The Hall–Kier alpha value is -2.34. The van der Waals surface area contributed by atoms with Crippen molar-refractivity contribution in [2.45, 2.75) is 27.3 Å². The van der Waals surface area contributed by atoms with Gasteiger partial charge in [-0.05, 0) is 44.0 Å². The van der Waals surface area contributed by atoms with Crippen LogP contribution in [0.3, 0.4) is 0 Å². The molecule has 3 rings (SSSR count). The van der Waals surface area contributed by atoms with Crippen molar-refractivity contribution in [1.29, 1.82) is 0 Å². The number of ether oxygens (including phenoxy) is 1. The molecule has 0 unspecified atom stereocenters. The number of aryl methyl sites for hydroxylation is 3. The summed E-state index contributed by atoms with van der Waals surface area (Å²) in [5.74, 6) is 1.81. The molecule has 1 saturated heterocycles. The van der Waals surface area contributed by atoms with Crippen LogP contribution in [0.15, 0.2) is 22.7 Å². The van der Waals surface area contributed by atoms with Crippen LogP contribution in [0, 0.1) is 20.8 Å². The summed E-state index contributed by atoms with van der Waals surface area (Å²) in [6.45, 7) is 9.71. The number of amides is 1. The van der Waals surface area contributed by atoms with Crippen molar-refractivity contribution in [3.63, 3.8) is 0 Å². The van der Waals surface area contributed by atoms with Crippen LogP contribution in [0.25, 0.3) is 0 Å². The van der Waals surface area contributed by atoms with Crippen LogP contribution < -0.4 is 4.74 Å². The zero-order chi connectivity index (χ0) is 18.0. The highest BCUT2D eigenvalue weighted by Crippen LogP contribution is 2.25. The van der Waals surface area contributed by atoms with Gasteiger partial charge in [-0.1, -0.05) is 5.16 Å². The number of benzene rings is 1. The van der Waals surface area contributed by atoms with E-state index in [9.17, 15) is 4.79 Å². The standard InChI is InChI=1S/C19H25N3O3/c1-13-9-16(10-14(2)18(13)24-4)19(23)22-7-5-21(6-8-22)12-17-11-15(3)20-25-17/h9-11H,5-8,12H2,1-4H3. The quantitative estimate of drug-likeness (QED) is 0.854. The summed E-state index contributed by atoms with van der Waals surface area (Å²) in [4.78, 5) is 17.0. The summed E-state index contributed by atoms with van der Waals surface area (Å²) in [6.07, 6.45) is 0. The molecule has 0 aliphatic carbocycles. The molecule has 0 bridgehead atoms. The Bertz CT molecular complexity index is 738. The smallest absolute Gasteiger partial charge is 0.253 e. The lowest BCUT2D eigenvalue weighted by Crippen LogP contribution is -2.48. The Morgan fingerprint density at radius 2 is 1.76 bits per heavy atom. The Kier molecular flexibility index (Phi) is 5.08. The number of rotatable bonds is 4. The minimum absolute atomic E-state index is 0.0870. The van der Waals surface area contributed by atoms with Gasteiger partial charge in [0.05, 0.1) is 19.3 Å². The number of piperazine rings is 1. The molecule has 1 fully saturated rings. The molecule has 134 valence electrons. The van der Waals surface area contributed by atoms with Crippen LogP contribution >= 0.6 is 0 Å². The number of methoxy groups -OCH3 is 1. The molecular formula is C19H25N3O3. The Morgan fingerprint density at radius 3 is 2.28 bits per heavy atom. The van der Waals surface area contributed by atoms with Crippen LogP contribution in [0.1, 0.15) is 32.9 Å². The number of nitrogens with zero attached hydrogens (tertiary/aromatic N) is 3. The van der Waals surface area contributed by atoms with Gasteiger partial charge >= 0.3 is 0 Å². The highest BCUT2D eigenvalue weighted by Gasteiger charge is 2.23. The van der Waals surface area contributed by atoms with Crippen molar-refractivity contribution in [3.05, 3.63) is 46.3 Å². The predicted octanol–water partition coefficient (Wildman–Crippen LogP) is 2.57. The summed E-state index contributed by atoms with van der Waals surface area (Å²) >= 11 is 0. The van der Waals surface area contributed by atoms with Gasteiger partial charge in [-0.2, -0.15) is 0 Å². The van der Waals surface area contributed by atoms with Gasteiger partial charge in [0, 0.05) is 37.8 Å². The van der Waals surface area contributed by atoms with Gasteiger partial charge in [0.1, 0.15) is 5.75 Å². The highest BCUT2D eigenvalue weighted by atomic mass is 16.5. The topological polar surface area (TPSA) is 58.8 Å². The maximum absolute atomic E-state index is 12.8. The van der Waals surface area contributed by atoms with E-state index < -0.39 is 0 Å².